The predicted molar refractivity (Wildman–Crippen MR) is 66.9 cm³/mol. The molecule has 0 aromatic heterocycles. The van der Waals surface area contributed by atoms with Crippen molar-refractivity contribution in [2.45, 2.75) is 6.10 Å². The second kappa shape index (κ2) is 5.05. The second-order valence-corrected chi connectivity index (χ2v) is 4.35. The Morgan fingerprint density at radius 2 is 1.59 bits per heavy atom. The molecule has 0 heterocycles. The number of halogens is 3. The molecule has 0 aliphatic carbocycles. The summed E-state index contributed by atoms with van der Waals surface area (Å²) in [6.07, 6.45) is -1.12. The van der Waals surface area contributed by atoms with Gasteiger partial charge in [0.05, 0.1) is 10.0 Å². The van der Waals surface area contributed by atoms with E-state index in [-0.39, 0.29) is 10.6 Å². The molecule has 0 saturated carbocycles. The Balaban J connectivity index is 2.48. The van der Waals surface area contributed by atoms with Crippen LogP contribution in [0.25, 0.3) is 0 Å². The molecule has 0 fully saturated rings. The Morgan fingerprint density at radius 3 is 2.29 bits per heavy atom. The van der Waals surface area contributed by atoms with Gasteiger partial charge in [0, 0.05) is 11.1 Å². The zero-order valence-corrected chi connectivity index (χ0v) is 10.2. The molecule has 0 amide bonds. The van der Waals surface area contributed by atoms with Crippen LogP contribution in [-0.2, 0) is 0 Å². The Bertz CT molecular complexity index is 543. The van der Waals surface area contributed by atoms with Crippen molar-refractivity contribution in [2.75, 3.05) is 0 Å². The summed E-state index contributed by atoms with van der Waals surface area (Å²) in [6.45, 7) is 0. The number of hydrogen-bond donors (Lipinski definition) is 1. The molecule has 1 N–H and O–H groups in total. The molecule has 0 bridgehead atoms. The van der Waals surface area contributed by atoms with Crippen LogP contribution in [-0.4, -0.2) is 5.11 Å². The van der Waals surface area contributed by atoms with E-state index in [1.54, 1.807) is 30.3 Å². The van der Waals surface area contributed by atoms with Crippen LogP contribution >= 0.6 is 23.2 Å². The van der Waals surface area contributed by atoms with Crippen molar-refractivity contribution in [1.82, 2.24) is 0 Å². The number of rotatable bonds is 2. The molecule has 0 radical (unpaired) electrons. The lowest BCUT2D eigenvalue weighted by Gasteiger charge is -2.14. The van der Waals surface area contributed by atoms with Crippen LogP contribution in [0, 0.1) is 5.82 Å². The maximum Gasteiger partial charge on any atom is 0.129 e. The third kappa shape index (κ3) is 2.44. The van der Waals surface area contributed by atoms with E-state index in [0.29, 0.717) is 10.6 Å². The fraction of sp³-hybridized carbons (Fsp3) is 0.0769. The Morgan fingerprint density at radius 1 is 0.941 bits per heavy atom. The summed E-state index contributed by atoms with van der Waals surface area (Å²) in [5.74, 6) is -0.476. The van der Waals surface area contributed by atoms with Gasteiger partial charge in [0.2, 0.25) is 0 Å². The lowest BCUT2D eigenvalue weighted by molar-refractivity contribution is 0.215. The molecule has 2 rings (SSSR count). The molecule has 2 aromatic rings. The van der Waals surface area contributed by atoms with Gasteiger partial charge in [-0.25, -0.2) is 4.39 Å². The minimum atomic E-state index is -1.12. The van der Waals surface area contributed by atoms with Gasteiger partial charge in [-0.05, 0) is 12.1 Å². The molecule has 2 aromatic carbocycles. The molecular formula is C13H9Cl2FO. The third-order valence-electron chi connectivity index (χ3n) is 2.48. The van der Waals surface area contributed by atoms with Crippen molar-refractivity contribution < 1.29 is 9.50 Å². The Kier molecular flexibility index (Phi) is 3.67. The molecule has 1 nitrogen and oxygen atoms in total. The van der Waals surface area contributed by atoms with Gasteiger partial charge in [0.1, 0.15) is 11.9 Å². The van der Waals surface area contributed by atoms with Crippen molar-refractivity contribution in [3.8, 4) is 0 Å². The van der Waals surface area contributed by atoms with Crippen LogP contribution in [0.5, 0.6) is 0 Å². The van der Waals surface area contributed by atoms with E-state index in [1.165, 1.54) is 12.1 Å². The van der Waals surface area contributed by atoms with Crippen molar-refractivity contribution in [3.63, 3.8) is 0 Å². The zero-order valence-electron chi connectivity index (χ0n) is 8.70. The van der Waals surface area contributed by atoms with Crippen molar-refractivity contribution in [3.05, 3.63) is 69.5 Å². The first-order valence-corrected chi connectivity index (χ1v) is 5.73. The van der Waals surface area contributed by atoms with Crippen molar-refractivity contribution in [1.29, 1.82) is 0 Å². The fourth-order valence-electron chi connectivity index (χ4n) is 1.60. The van der Waals surface area contributed by atoms with E-state index in [4.69, 9.17) is 23.2 Å². The highest BCUT2D eigenvalue weighted by Gasteiger charge is 2.18. The smallest absolute Gasteiger partial charge is 0.129 e. The zero-order chi connectivity index (χ0) is 12.4. The summed E-state index contributed by atoms with van der Waals surface area (Å²) in [7, 11) is 0. The van der Waals surface area contributed by atoms with E-state index in [9.17, 15) is 9.50 Å². The van der Waals surface area contributed by atoms with Crippen LogP contribution in [0.15, 0.2) is 42.5 Å². The summed E-state index contributed by atoms with van der Waals surface area (Å²) in [6, 6.07) is 10.9. The molecule has 17 heavy (non-hydrogen) atoms. The first-order valence-electron chi connectivity index (χ1n) is 4.97. The van der Waals surface area contributed by atoms with Gasteiger partial charge < -0.3 is 5.11 Å². The quantitative estimate of drug-likeness (QED) is 0.867. The van der Waals surface area contributed by atoms with Gasteiger partial charge in [-0.1, -0.05) is 53.5 Å². The maximum absolute atomic E-state index is 13.5. The molecule has 88 valence electrons. The van der Waals surface area contributed by atoms with Crippen LogP contribution in [0.1, 0.15) is 17.2 Å². The number of aliphatic hydroxyl groups is 1. The van der Waals surface area contributed by atoms with E-state index in [1.807, 2.05) is 0 Å². The lowest BCUT2D eigenvalue weighted by atomic mass is 10.0. The van der Waals surface area contributed by atoms with E-state index < -0.39 is 11.9 Å². The number of aliphatic hydroxyl groups excluding tert-OH is 1. The minimum Gasteiger partial charge on any atom is -0.383 e. The predicted octanol–water partition coefficient (Wildman–Crippen LogP) is 4.21. The lowest BCUT2D eigenvalue weighted by Crippen LogP contribution is -2.03. The first-order chi connectivity index (χ1) is 8.11. The maximum atomic E-state index is 13.5. The summed E-state index contributed by atoms with van der Waals surface area (Å²) in [4.78, 5) is 0. The molecule has 0 saturated heterocycles. The van der Waals surface area contributed by atoms with Gasteiger partial charge in [0.15, 0.2) is 0 Å². The molecule has 1 atom stereocenters. The average molecular weight is 271 g/mol. The topological polar surface area (TPSA) is 20.2 Å². The number of hydrogen-bond acceptors (Lipinski definition) is 1. The van der Waals surface area contributed by atoms with Gasteiger partial charge >= 0.3 is 0 Å². The molecule has 0 aliphatic rings. The normalized spacial score (nSPS) is 12.5. The largest absolute Gasteiger partial charge is 0.383 e. The van der Waals surface area contributed by atoms with Crippen LogP contribution < -0.4 is 0 Å². The first kappa shape index (κ1) is 12.4. The molecule has 1 unspecified atom stereocenters. The highest BCUT2D eigenvalue weighted by Crippen LogP contribution is 2.33. The molecule has 4 heteroatoms. The van der Waals surface area contributed by atoms with Gasteiger partial charge in [-0.2, -0.15) is 0 Å². The summed E-state index contributed by atoms with van der Waals surface area (Å²) < 4.78 is 13.5. The van der Waals surface area contributed by atoms with Crippen LogP contribution in [0.3, 0.4) is 0 Å². The van der Waals surface area contributed by atoms with E-state index in [0.717, 1.165) is 0 Å². The van der Waals surface area contributed by atoms with E-state index in [2.05, 4.69) is 0 Å². The number of benzene rings is 2. The Labute approximate surface area is 108 Å². The fourth-order valence-corrected chi connectivity index (χ4v) is 2.01. The monoisotopic (exact) mass is 270 g/mol. The van der Waals surface area contributed by atoms with Gasteiger partial charge in [-0.3, -0.25) is 0 Å². The van der Waals surface area contributed by atoms with Gasteiger partial charge in [-0.15, -0.1) is 0 Å². The van der Waals surface area contributed by atoms with Crippen molar-refractivity contribution >= 4 is 23.2 Å². The SMILES string of the molecule is OC(c1ccccc1F)c1cccc(Cl)c1Cl. The van der Waals surface area contributed by atoms with Crippen LogP contribution in [0.4, 0.5) is 4.39 Å². The highest BCUT2D eigenvalue weighted by atomic mass is 35.5. The standard InChI is InChI=1S/C13H9Cl2FO/c14-10-6-3-5-9(12(10)15)13(17)8-4-1-2-7-11(8)16/h1-7,13,17H. The summed E-state index contributed by atoms with van der Waals surface area (Å²) in [5, 5.41) is 10.7. The summed E-state index contributed by atoms with van der Waals surface area (Å²) >= 11 is 11.8. The molecule has 0 spiro atoms. The van der Waals surface area contributed by atoms with Gasteiger partial charge in [0.25, 0.3) is 0 Å². The minimum absolute atomic E-state index is 0.177. The third-order valence-corrected chi connectivity index (χ3v) is 3.31. The Hall–Kier alpha value is -1.09. The molecule has 0 aliphatic heterocycles. The van der Waals surface area contributed by atoms with Crippen LogP contribution in [0.2, 0.25) is 10.0 Å². The van der Waals surface area contributed by atoms with E-state index >= 15 is 0 Å². The molecular weight excluding hydrogens is 262 g/mol. The average Bonchev–Trinajstić information content (AvgIpc) is 2.32. The summed E-state index contributed by atoms with van der Waals surface area (Å²) in [5.41, 5.74) is 0.570. The highest BCUT2D eigenvalue weighted by molar-refractivity contribution is 6.42. The second-order valence-electron chi connectivity index (χ2n) is 3.57. The van der Waals surface area contributed by atoms with Crippen molar-refractivity contribution in [2.24, 2.45) is 0 Å².